The number of para-hydroxylation sites is 1. The van der Waals surface area contributed by atoms with Crippen LogP contribution in [0.15, 0.2) is 42.7 Å². The largest absolute Gasteiger partial charge is 0.397 e. The van der Waals surface area contributed by atoms with E-state index in [1.807, 2.05) is 30.3 Å². The van der Waals surface area contributed by atoms with Crippen LogP contribution in [0.4, 0.5) is 5.69 Å². The van der Waals surface area contributed by atoms with Gasteiger partial charge in [-0.3, -0.25) is 0 Å². The van der Waals surface area contributed by atoms with Crippen molar-refractivity contribution in [2.75, 3.05) is 5.73 Å². The molecule has 2 N–H and O–H groups in total. The highest BCUT2D eigenvalue weighted by Crippen LogP contribution is 2.23. The Hall–Kier alpha value is -2.07. The van der Waals surface area contributed by atoms with Crippen LogP contribution in [0.1, 0.15) is 0 Å². The summed E-state index contributed by atoms with van der Waals surface area (Å²) in [4.78, 5) is 4.28. The van der Waals surface area contributed by atoms with E-state index in [0.717, 1.165) is 16.7 Å². The van der Waals surface area contributed by atoms with Crippen molar-refractivity contribution in [2.45, 2.75) is 0 Å². The molecule has 3 rings (SSSR count). The second-order valence-corrected chi connectivity index (χ2v) is 4.10. The number of benzene rings is 1. The molecule has 0 fully saturated rings. The fraction of sp³-hybridized carbons (Fsp3) is 0. The summed E-state index contributed by atoms with van der Waals surface area (Å²) in [5.41, 5.74) is 7.85. The Morgan fingerprint density at radius 3 is 2.82 bits per heavy atom. The van der Waals surface area contributed by atoms with Gasteiger partial charge in [-0.05, 0) is 18.2 Å². The number of halogens is 1. The van der Waals surface area contributed by atoms with Crippen molar-refractivity contribution < 1.29 is 0 Å². The monoisotopic (exact) mass is 244 g/mol. The Balaban J connectivity index is 2.29. The van der Waals surface area contributed by atoms with Crippen LogP contribution in [0.2, 0.25) is 5.02 Å². The zero-order valence-electron chi connectivity index (χ0n) is 8.84. The molecular weight excluding hydrogens is 236 g/mol. The molecule has 17 heavy (non-hydrogen) atoms. The van der Waals surface area contributed by atoms with Gasteiger partial charge in [-0.2, -0.15) is 5.10 Å². The number of nitrogens with two attached hydrogens (primary N) is 1. The van der Waals surface area contributed by atoms with Crippen LogP contribution in [-0.4, -0.2) is 14.8 Å². The summed E-state index contributed by atoms with van der Waals surface area (Å²) in [5.74, 6) is 0. The Morgan fingerprint density at radius 2 is 2.00 bits per heavy atom. The van der Waals surface area contributed by atoms with Gasteiger partial charge in [-0.1, -0.05) is 23.7 Å². The molecule has 84 valence electrons. The maximum Gasteiger partial charge on any atom is 0.163 e. The number of pyridine rings is 1. The lowest BCUT2D eigenvalue weighted by molar-refractivity contribution is 0.897. The number of rotatable bonds is 1. The third-order valence-corrected chi connectivity index (χ3v) is 2.83. The normalized spacial score (nSPS) is 10.9. The molecule has 0 radical (unpaired) electrons. The quantitative estimate of drug-likeness (QED) is 0.716. The molecule has 0 spiro atoms. The lowest BCUT2D eigenvalue weighted by Crippen LogP contribution is -1.98. The van der Waals surface area contributed by atoms with Gasteiger partial charge in [-0.15, -0.1) is 0 Å². The highest BCUT2D eigenvalue weighted by molar-refractivity contribution is 6.32. The van der Waals surface area contributed by atoms with Gasteiger partial charge in [0.25, 0.3) is 0 Å². The Morgan fingerprint density at radius 1 is 1.18 bits per heavy atom. The Kier molecular flexibility index (Phi) is 2.23. The molecule has 4 nitrogen and oxygen atoms in total. The van der Waals surface area contributed by atoms with E-state index < -0.39 is 0 Å². The van der Waals surface area contributed by atoms with Crippen molar-refractivity contribution in [3.05, 3.63) is 47.7 Å². The van der Waals surface area contributed by atoms with Gasteiger partial charge in [0, 0.05) is 5.39 Å². The first-order valence-electron chi connectivity index (χ1n) is 5.10. The van der Waals surface area contributed by atoms with Crippen molar-refractivity contribution in [3.8, 4) is 5.69 Å². The minimum absolute atomic E-state index is 0.621. The highest BCUT2D eigenvalue weighted by Gasteiger charge is 2.08. The lowest BCUT2D eigenvalue weighted by Gasteiger charge is -2.04. The fourth-order valence-electron chi connectivity index (χ4n) is 1.74. The Bertz CT molecular complexity index is 690. The van der Waals surface area contributed by atoms with Crippen LogP contribution < -0.4 is 5.73 Å². The zero-order chi connectivity index (χ0) is 11.8. The van der Waals surface area contributed by atoms with Crippen LogP contribution in [0, 0.1) is 0 Å². The third kappa shape index (κ3) is 1.62. The molecule has 5 heteroatoms. The number of hydrogen-bond donors (Lipinski definition) is 1. The van der Waals surface area contributed by atoms with Crippen LogP contribution in [0.25, 0.3) is 16.7 Å². The summed E-state index contributed by atoms with van der Waals surface area (Å²) in [6.45, 7) is 0. The number of anilines is 1. The van der Waals surface area contributed by atoms with Crippen LogP contribution in [0.3, 0.4) is 0 Å². The highest BCUT2D eigenvalue weighted by atomic mass is 35.5. The maximum absolute atomic E-state index is 6.13. The zero-order valence-corrected chi connectivity index (χ0v) is 9.59. The summed E-state index contributed by atoms with van der Waals surface area (Å²) in [7, 11) is 0. The van der Waals surface area contributed by atoms with Gasteiger partial charge in [0.1, 0.15) is 0 Å². The average Bonchev–Trinajstić information content (AvgIpc) is 2.72. The molecule has 0 amide bonds. The van der Waals surface area contributed by atoms with E-state index in [1.54, 1.807) is 17.1 Å². The maximum atomic E-state index is 6.13. The summed E-state index contributed by atoms with van der Waals surface area (Å²) >= 11 is 6.13. The van der Waals surface area contributed by atoms with Crippen molar-refractivity contribution in [3.63, 3.8) is 0 Å². The molecule has 0 aliphatic heterocycles. The van der Waals surface area contributed by atoms with E-state index in [-0.39, 0.29) is 0 Å². The van der Waals surface area contributed by atoms with E-state index in [1.165, 1.54) is 0 Å². The first-order chi connectivity index (χ1) is 8.25. The van der Waals surface area contributed by atoms with Gasteiger partial charge >= 0.3 is 0 Å². The van der Waals surface area contributed by atoms with Crippen molar-refractivity contribution in [1.29, 1.82) is 0 Å². The second kappa shape index (κ2) is 3.75. The number of nitrogen functional groups attached to an aromatic ring is 1. The van der Waals surface area contributed by atoms with E-state index >= 15 is 0 Å². The standard InChI is InChI=1S/C12H9ClN4/c13-10-3-1-2-4-11(10)17-12-8(6-16-17)5-9(14)7-15-12/h1-7H,14H2. The summed E-state index contributed by atoms with van der Waals surface area (Å²) in [5, 5.41) is 5.81. The minimum atomic E-state index is 0.621. The van der Waals surface area contributed by atoms with Gasteiger partial charge in [0.05, 0.1) is 28.8 Å². The topological polar surface area (TPSA) is 56.7 Å². The molecule has 3 aromatic rings. The predicted molar refractivity (Wildman–Crippen MR) is 68.3 cm³/mol. The van der Waals surface area contributed by atoms with Gasteiger partial charge in [0.15, 0.2) is 5.65 Å². The minimum Gasteiger partial charge on any atom is -0.397 e. The van der Waals surface area contributed by atoms with Gasteiger partial charge < -0.3 is 5.73 Å². The molecule has 0 atom stereocenters. The number of nitrogens with zero attached hydrogens (tertiary/aromatic N) is 3. The van der Waals surface area contributed by atoms with Crippen LogP contribution in [-0.2, 0) is 0 Å². The SMILES string of the molecule is Nc1cnc2c(cnn2-c2ccccc2Cl)c1. The lowest BCUT2D eigenvalue weighted by atomic mass is 10.3. The molecule has 2 aromatic heterocycles. The first-order valence-corrected chi connectivity index (χ1v) is 5.47. The summed E-state index contributed by atoms with van der Waals surface area (Å²) in [6, 6.07) is 9.34. The van der Waals surface area contributed by atoms with E-state index in [2.05, 4.69) is 10.1 Å². The molecule has 0 saturated heterocycles. The van der Waals surface area contributed by atoms with Crippen molar-refractivity contribution in [1.82, 2.24) is 14.8 Å². The molecule has 0 aliphatic rings. The van der Waals surface area contributed by atoms with E-state index in [9.17, 15) is 0 Å². The number of hydrogen-bond acceptors (Lipinski definition) is 3. The Labute approximate surface area is 103 Å². The van der Waals surface area contributed by atoms with Gasteiger partial charge in [0.2, 0.25) is 0 Å². The molecule has 0 bridgehead atoms. The van der Waals surface area contributed by atoms with Crippen LogP contribution >= 0.6 is 11.6 Å². The van der Waals surface area contributed by atoms with E-state index in [4.69, 9.17) is 17.3 Å². The van der Waals surface area contributed by atoms with E-state index in [0.29, 0.717) is 10.7 Å². The summed E-state index contributed by atoms with van der Waals surface area (Å²) in [6.07, 6.45) is 3.33. The molecule has 0 saturated carbocycles. The molecular formula is C12H9ClN4. The van der Waals surface area contributed by atoms with Crippen LogP contribution in [0.5, 0.6) is 0 Å². The van der Waals surface area contributed by atoms with Crippen molar-refractivity contribution >= 4 is 28.3 Å². The smallest absolute Gasteiger partial charge is 0.163 e. The molecule has 0 aliphatic carbocycles. The predicted octanol–water partition coefficient (Wildman–Crippen LogP) is 2.66. The second-order valence-electron chi connectivity index (χ2n) is 3.69. The first kappa shape index (κ1) is 10.1. The van der Waals surface area contributed by atoms with Crippen molar-refractivity contribution in [2.24, 2.45) is 0 Å². The third-order valence-electron chi connectivity index (χ3n) is 2.51. The molecule has 1 aromatic carbocycles. The number of fused-ring (bicyclic) bond motifs is 1. The molecule has 0 unspecified atom stereocenters. The van der Waals surface area contributed by atoms with Gasteiger partial charge in [-0.25, -0.2) is 9.67 Å². The fourth-order valence-corrected chi connectivity index (χ4v) is 1.95. The molecule has 2 heterocycles. The average molecular weight is 245 g/mol. The summed E-state index contributed by atoms with van der Waals surface area (Å²) < 4.78 is 1.71. The number of aromatic nitrogens is 3.